The van der Waals surface area contributed by atoms with E-state index in [1.165, 1.54) is 14.2 Å². The van der Waals surface area contributed by atoms with Gasteiger partial charge < -0.3 is 29.6 Å². The molecular formula is C19H21ClN2O5. The van der Waals surface area contributed by atoms with Crippen LogP contribution in [0.4, 0.5) is 5.69 Å². The Kier molecular flexibility index (Phi) is 5.81. The number of carbonyl (C=O) groups is 1. The van der Waals surface area contributed by atoms with Crippen LogP contribution in [0, 0.1) is 0 Å². The number of methoxy groups -OCH3 is 2. The third-order valence-electron chi connectivity index (χ3n) is 4.14. The molecule has 144 valence electrons. The number of hydrogen-bond acceptors (Lipinski definition) is 6. The lowest BCUT2D eigenvalue weighted by Gasteiger charge is -2.18. The van der Waals surface area contributed by atoms with E-state index in [4.69, 9.17) is 30.5 Å². The molecule has 1 heterocycles. The summed E-state index contributed by atoms with van der Waals surface area (Å²) in [6.07, 6.45) is 0. The summed E-state index contributed by atoms with van der Waals surface area (Å²) in [4.78, 5) is 12.4. The molecule has 0 saturated heterocycles. The number of hydrogen-bond donors (Lipinski definition) is 2. The predicted octanol–water partition coefficient (Wildman–Crippen LogP) is 3.20. The third-order valence-corrected chi connectivity index (χ3v) is 4.44. The first-order valence-electron chi connectivity index (χ1n) is 8.36. The Morgan fingerprint density at radius 3 is 2.63 bits per heavy atom. The van der Waals surface area contributed by atoms with Crippen LogP contribution >= 0.6 is 11.6 Å². The minimum absolute atomic E-state index is 0.165. The lowest BCUT2D eigenvalue weighted by Crippen LogP contribution is -2.37. The molecule has 1 aliphatic rings. The molecule has 0 bridgehead atoms. The quantitative estimate of drug-likeness (QED) is 0.753. The Morgan fingerprint density at radius 1 is 1.15 bits per heavy atom. The summed E-state index contributed by atoms with van der Waals surface area (Å²) in [6, 6.07) is 8.40. The van der Waals surface area contributed by atoms with Gasteiger partial charge in [-0.15, -0.1) is 0 Å². The van der Waals surface area contributed by atoms with Crippen LogP contribution in [-0.4, -0.2) is 33.0 Å². The lowest BCUT2D eigenvalue weighted by molar-refractivity contribution is -0.121. The van der Waals surface area contributed by atoms with Crippen LogP contribution in [-0.2, 0) is 11.3 Å². The van der Waals surface area contributed by atoms with E-state index in [1.54, 1.807) is 19.1 Å². The number of halogens is 1. The standard InChI is InChI=1S/C19H21ClN2O5/c1-11(22-14-7-13(20)16(24-2)8-17(14)25-3)19(23)21-9-12-4-5-15-18(6-12)27-10-26-15/h4-8,11,22H,9-10H2,1-3H3,(H,21,23). The van der Waals surface area contributed by atoms with Crippen molar-refractivity contribution >= 4 is 23.2 Å². The molecule has 3 rings (SSSR count). The maximum absolute atomic E-state index is 12.4. The second-order valence-corrected chi connectivity index (χ2v) is 6.37. The van der Waals surface area contributed by atoms with Crippen molar-refractivity contribution < 1.29 is 23.7 Å². The number of rotatable bonds is 7. The highest BCUT2D eigenvalue weighted by Gasteiger charge is 2.18. The zero-order valence-electron chi connectivity index (χ0n) is 15.3. The van der Waals surface area contributed by atoms with Gasteiger partial charge >= 0.3 is 0 Å². The zero-order valence-corrected chi connectivity index (χ0v) is 16.1. The summed E-state index contributed by atoms with van der Waals surface area (Å²) >= 11 is 6.17. The van der Waals surface area contributed by atoms with Crippen molar-refractivity contribution in [2.75, 3.05) is 26.3 Å². The summed E-state index contributed by atoms with van der Waals surface area (Å²) in [6.45, 7) is 2.35. The van der Waals surface area contributed by atoms with Crippen molar-refractivity contribution in [3.63, 3.8) is 0 Å². The second kappa shape index (κ2) is 8.26. The van der Waals surface area contributed by atoms with Crippen molar-refractivity contribution in [2.45, 2.75) is 19.5 Å². The monoisotopic (exact) mass is 392 g/mol. The van der Waals surface area contributed by atoms with Gasteiger partial charge in [-0.2, -0.15) is 0 Å². The van der Waals surface area contributed by atoms with Gasteiger partial charge in [0, 0.05) is 12.6 Å². The van der Waals surface area contributed by atoms with Crippen LogP contribution in [0.1, 0.15) is 12.5 Å². The first kappa shape index (κ1) is 19.0. The fraction of sp³-hybridized carbons (Fsp3) is 0.316. The SMILES string of the molecule is COc1cc(OC)c(NC(C)C(=O)NCc2ccc3c(c2)OCO3)cc1Cl. The molecule has 0 radical (unpaired) electrons. The molecule has 0 aromatic heterocycles. The highest BCUT2D eigenvalue weighted by molar-refractivity contribution is 6.32. The van der Waals surface area contributed by atoms with Gasteiger partial charge in [-0.25, -0.2) is 0 Å². The molecule has 7 nitrogen and oxygen atoms in total. The molecular weight excluding hydrogens is 372 g/mol. The predicted molar refractivity (Wildman–Crippen MR) is 102 cm³/mol. The average Bonchev–Trinajstić information content (AvgIpc) is 3.14. The normalized spacial score (nSPS) is 13.0. The average molecular weight is 393 g/mol. The largest absolute Gasteiger partial charge is 0.495 e. The van der Waals surface area contributed by atoms with Gasteiger partial charge in [0.05, 0.1) is 24.9 Å². The van der Waals surface area contributed by atoms with Crippen LogP contribution < -0.4 is 29.6 Å². The molecule has 27 heavy (non-hydrogen) atoms. The number of amides is 1. The Hall–Kier alpha value is -2.80. The molecule has 1 amide bonds. The van der Waals surface area contributed by atoms with Crippen LogP contribution in [0.2, 0.25) is 5.02 Å². The Morgan fingerprint density at radius 2 is 1.89 bits per heavy atom. The van der Waals surface area contributed by atoms with Gasteiger partial charge in [-0.05, 0) is 30.7 Å². The van der Waals surface area contributed by atoms with Crippen molar-refractivity contribution in [2.24, 2.45) is 0 Å². The van der Waals surface area contributed by atoms with Gasteiger partial charge in [-0.1, -0.05) is 17.7 Å². The summed E-state index contributed by atoms with van der Waals surface area (Å²) in [5.41, 5.74) is 1.53. The number of ether oxygens (including phenoxy) is 4. The second-order valence-electron chi connectivity index (χ2n) is 5.96. The van der Waals surface area contributed by atoms with Gasteiger partial charge in [0.2, 0.25) is 12.7 Å². The summed E-state index contributed by atoms with van der Waals surface area (Å²) < 4.78 is 21.1. The third kappa shape index (κ3) is 4.31. The molecule has 1 atom stereocenters. The van der Waals surface area contributed by atoms with E-state index in [-0.39, 0.29) is 12.7 Å². The topological polar surface area (TPSA) is 78.1 Å². The van der Waals surface area contributed by atoms with E-state index in [1.807, 2.05) is 18.2 Å². The van der Waals surface area contributed by atoms with E-state index in [0.717, 1.165) is 5.56 Å². The molecule has 0 saturated carbocycles. The van der Waals surface area contributed by atoms with Crippen LogP contribution in [0.3, 0.4) is 0 Å². The number of anilines is 1. The minimum Gasteiger partial charge on any atom is -0.495 e. The van der Waals surface area contributed by atoms with E-state index in [2.05, 4.69) is 10.6 Å². The lowest BCUT2D eigenvalue weighted by atomic mass is 10.2. The van der Waals surface area contributed by atoms with Gasteiger partial charge in [-0.3, -0.25) is 4.79 Å². The van der Waals surface area contributed by atoms with Crippen molar-refractivity contribution in [3.8, 4) is 23.0 Å². The van der Waals surface area contributed by atoms with Crippen molar-refractivity contribution in [1.82, 2.24) is 5.32 Å². The van der Waals surface area contributed by atoms with E-state index in [0.29, 0.717) is 40.3 Å². The van der Waals surface area contributed by atoms with Gasteiger partial charge in [0.15, 0.2) is 11.5 Å². The Labute approximate surface area is 162 Å². The fourth-order valence-corrected chi connectivity index (χ4v) is 2.91. The van der Waals surface area contributed by atoms with Crippen molar-refractivity contribution in [3.05, 3.63) is 40.9 Å². The van der Waals surface area contributed by atoms with E-state index in [9.17, 15) is 4.79 Å². The highest BCUT2D eigenvalue weighted by Crippen LogP contribution is 2.36. The summed E-state index contributed by atoms with van der Waals surface area (Å²) in [5.74, 6) is 2.27. The van der Waals surface area contributed by atoms with Crippen LogP contribution in [0.25, 0.3) is 0 Å². The molecule has 0 fully saturated rings. The first-order chi connectivity index (χ1) is 13.0. The minimum atomic E-state index is -0.502. The summed E-state index contributed by atoms with van der Waals surface area (Å²) in [7, 11) is 3.07. The molecule has 1 aliphatic heterocycles. The van der Waals surface area contributed by atoms with Crippen LogP contribution in [0.5, 0.6) is 23.0 Å². The Balaban J connectivity index is 1.61. The molecule has 0 spiro atoms. The molecule has 8 heteroatoms. The maximum Gasteiger partial charge on any atom is 0.242 e. The number of nitrogens with one attached hydrogen (secondary N) is 2. The molecule has 1 unspecified atom stereocenters. The van der Waals surface area contributed by atoms with Gasteiger partial charge in [0.1, 0.15) is 17.5 Å². The van der Waals surface area contributed by atoms with Crippen molar-refractivity contribution in [1.29, 1.82) is 0 Å². The molecule has 2 aromatic rings. The highest BCUT2D eigenvalue weighted by atomic mass is 35.5. The zero-order chi connectivity index (χ0) is 19.4. The van der Waals surface area contributed by atoms with E-state index < -0.39 is 6.04 Å². The van der Waals surface area contributed by atoms with Crippen LogP contribution in [0.15, 0.2) is 30.3 Å². The number of benzene rings is 2. The number of fused-ring (bicyclic) bond motifs is 1. The smallest absolute Gasteiger partial charge is 0.242 e. The summed E-state index contributed by atoms with van der Waals surface area (Å²) in [5, 5.41) is 6.42. The Bertz CT molecular complexity index is 843. The maximum atomic E-state index is 12.4. The molecule has 0 aliphatic carbocycles. The first-order valence-corrected chi connectivity index (χ1v) is 8.74. The fourth-order valence-electron chi connectivity index (χ4n) is 2.66. The molecule has 2 aromatic carbocycles. The van der Waals surface area contributed by atoms with E-state index >= 15 is 0 Å². The number of carbonyl (C=O) groups excluding carboxylic acids is 1. The molecule has 2 N–H and O–H groups in total. The van der Waals surface area contributed by atoms with Gasteiger partial charge in [0.25, 0.3) is 0 Å².